The minimum absolute atomic E-state index is 0.0745. The van der Waals surface area contributed by atoms with Crippen LogP contribution in [-0.2, 0) is 79.8 Å². The number of aliphatic hydroxyl groups is 7. The minimum Gasteiger partial charge on any atom is -0.462 e. The van der Waals surface area contributed by atoms with E-state index in [0.29, 0.717) is 32.1 Å². The Morgan fingerprint density at radius 3 is 1.13 bits per heavy atom. The van der Waals surface area contributed by atoms with Crippen LogP contribution >= 0.6 is 15.6 Å². The smallest absolute Gasteiger partial charge is 0.462 e. The average Bonchev–Trinajstić information content (AvgIpc) is 0.776. The van der Waals surface area contributed by atoms with Gasteiger partial charge < -0.3 is 100.0 Å². The number of hydrogen-bond donors (Lipinski definition) is 13. The van der Waals surface area contributed by atoms with Crippen molar-refractivity contribution >= 4 is 45.4 Å². The number of aliphatic hydroxyl groups excluding tert-OH is 7. The van der Waals surface area contributed by atoms with Crippen molar-refractivity contribution in [2.75, 3.05) is 19.8 Å². The van der Waals surface area contributed by atoms with Crippen LogP contribution in [0.25, 0.3) is 0 Å². The number of phosphoric acid groups is 2. The molecule has 0 aromatic carbocycles. The van der Waals surface area contributed by atoms with E-state index >= 15 is 4.79 Å². The van der Waals surface area contributed by atoms with Crippen molar-refractivity contribution in [3.63, 3.8) is 0 Å². The Balaban J connectivity index is 2.18. The molecule has 19 atom stereocenters. The molecule has 3 aliphatic rings. The molecule has 724 valence electrons. The lowest BCUT2D eigenvalue weighted by atomic mass is 9.95. The van der Waals surface area contributed by atoms with Gasteiger partial charge in [-0.2, -0.15) is 0 Å². The highest BCUT2D eigenvalue weighted by molar-refractivity contribution is 7.47. The largest absolute Gasteiger partial charge is 0.477 e. The van der Waals surface area contributed by atoms with E-state index in [2.05, 4.69) is 45.3 Å². The molecule has 0 aromatic heterocycles. The maximum Gasteiger partial charge on any atom is 0.477 e. The third-order valence-electron chi connectivity index (χ3n) is 23.8. The van der Waals surface area contributed by atoms with E-state index in [9.17, 15) is 78.7 Å². The molecular formula is C91H173N3O27P2. The monoisotopic (exact) mass is 1800 g/mol. The molecule has 14 N–H and O–H groups in total. The highest BCUT2D eigenvalue weighted by Crippen LogP contribution is 2.50. The average molecular weight is 1800 g/mol. The molecule has 3 rings (SSSR count). The van der Waals surface area contributed by atoms with Gasteiger partial charge in [0.05, 0.1) is 69.9 Å². The van der Waals surface area contributed by atoms with E-state index in [1.54, 1.807) is 0 Å². The number of carbonyl (C=O) groups excluding carboxylic acids is 5. The molecule has 3 aliphatic heterocycles. The highest BCUT2D eigenvalue weighted by Gasteiger charge is 2.56. The summed E-state index contributed by atoms with van der Waals surface area (Å²) in [4.78, 5) is 105. The second-order valence-electron chi connectivity index (χ2n) is 35.3. The summed E-state index contributed by atoms with van der Waals surface area (Å²) >= 11 is 0. The fourth-order valence-electron chi connectivity index (χ4n) is 16.4. The van der Waals surface area contributed by atoms with Crippen LogP contribution in [-0.4, -0.2) is 210 Å². The van der Waals surface area contributed by atoms with Gasteiger partial charge in [-0.25, -0.2) is 9.13 Å². The first-order valence-corrected chi connectivity index (χ1v) is 51.8. The Morgan fingerprint density at radius 1 is 0.390 bits per heavy atom. The summed E-state index contributed by atoms with van der Waals surface area (Å²) in [5.41, 5.74) is 5.90. The van der Waals surface area contributed by atoms with Crippen LogP contribution in [0.15, 0.2) is 0 Å². The van der Waals surface area contributed by atoms with Gasteiger partial charge in [0, 0.05) is 6.42 Å². The van der Waals surface area contributed by atoms with E-state index < -0.39 is 201 Å². The SMILES string of the molecule is CCCCCCCCCCCCCC(=O)O[C@H](CCCCCCCCCCCCC)CC(=O)N[C@H]1[C@H](OC[C@H]2O[C@H](OP(=O)(O)O[C@@H]3OC[C@@H](N)[C@@H](O)[C@@H]3O)[C@H](NC(=O)C[C@H](O)CCCCCCCCCCCCC)[C@@H](OC(=O)C[C@H](O)CCCCCCCCCCC)[C@@H]2O)O[C@H](CO)[C@@H](OP(=O)(O)O)[C@@H]1OC(=O)C[C@H](O)CCCCCCCCCCC. The van der Waals surface area contributed by atoms with Crippen LogP contribution in [0.2, 0.25) is 0 Å². The molecule has 32 heteroatoms. The fraction of sp³-hybridized carbons (Fsp3) is 0.945. The molecule has 0 aromatic rings. The van der Waals surface area contributed by atoms with Crippen molar-refractivity contribution in [3.05, 3.63) is 0 Å². The summed E-state index contributed by atoms with van der Waals surface area (Å²) in [6, 6.07) is -5.14. The number of esters is 3. The first-order valence-electron chi connectivity index (χ1n) is 48.8. The Hall–Kier alpha value is -2.91. The number of ether oxygens (including phenoxy) is 7. The third kappa shape index (κ3) is 54.5. The van der Waals surface area contributed by atoms with Crippen molar-refractivity contribution in [3.8, 4) is 0 Å². The number of nitrogens with two attached hydrogens (primary N) is 1. The summed E-state index contributed by atoms with van der Waals surface area (Å²) in [5.74, 6) is -4.67. The Morgan fingerprint density at radius 2 is 0.732 bits per heavy atom. The van der Waals surface area contributed by atoms with Crippen molar-refractivity contribution in [2.24, 2.45) is 5.73 Å². The first kappa shape index (κ1) is 114. The van der Waals surface area contributed by atoms with E-state index in [1.807, 2.05) is 0 Å². The van der Waals surface area contributed by atoms with E-state index in [0.717, 1.165) is 212 Å². The van der Waals surface area contributed by atoms with Gasteiger partial charge in [-0.15, -0.1) is 0 Å². The molecule has 0 bridgehead atoms. The third-order valence-corrected chi connectivity index (χ3v) is 25.3. The molecule has 0 saturated carbocycles. The van der Waals surface area contributed by atoms with Crippen molar-refractivity contribution in [2.45, 2.75) is 530 Å². The van der Waals surface area contributed by atoms with Crippen LogP contribution in [0.4, 0.5) is 0 Å². The zero-order chi connectivity index (χ0) is 90.3. The molecule has 3 fully saturated rings. The number of unbranched alkanes of at least 4 members (excludes halogenated alkanes) is 46. The predicted molar refractivity (Wildman–Crippen MR) is 472 cm³/mol. The number of hydrogen-bond acceptors (Lipinski definition) is 25. The molecule has 3 saturated heterocycles. The van der Waals surface area contributed by atoms with Gasteiger partial charge in [0.1, 0.15) is 54.8 Å². The number of nitrogens with one attached hydrogen (secondary N) is 2. The summed E-state index contributed by atoms with van der Waals surface area (Å²) in [7, 11) is -11.4. The van der Waals surface area contributed by atoms with Gasteiger partial charge >= 0.3 is 33.6 Å². The number of carbonyl (C=O) groups is 5. The number of phosphoric ester groups is 2. The van der Waals surface area contributed by atoms with E-state index in [1.165, 1.54) is 83.5 Å². The van der Waals surface area contributed by atoms with E-state index in [-0.39, 0.29) is 32.1 Å². The summed E-state index contributed by atoms with van der Waals surface area (Å²) in [5, 5.41) is 84.8. The standard InChI is InChI=1S/C91H173N3O27P2/c1-6-11-16-21-26-31-34-39-44-47-52-57-69(96)62-76(99)93-81-87(117-79(102)63-70(97)58-53-48-42-37-29-24-19-14-9-4)84(105)75(116-90(81)120-123(110,111)121-91-85(106)83(104)73(92)67-112-91)68-113-89-82(88(86(74(66-95)115-89)119-122(107,108)109)118-80(103)64-71(98)59-54-49-43-38-30-25-20-15-10-5)94-77(100)65-72(60-55-50-45-40-35-32-27-22-17-12-7-2)114-78(101)61-56-51-46-41-36-33-28-23-18-13-8-3/h69-75,81-91,95-98,104-106H,6-68,92H2,1-5H3,(H,93,99)(H,94,100)(H,110,111)(H2,107,108,109)/t69-,70-,71-,72-,73-,74-,75-,81-,82-,83-,84-,85+,86-,87-,88-,89-,90-,91+/m1/s1. The zero-order valence-electron chi connectivity index (χ0n) is 76.3. The molecule has 0 spiro atoms. The summed E-state index contributed by atoms with van der Waals surface area (Å²) < 4.78 is 86.4. The first-order chi connectivity index (χ1) is 59.2. The van der Waals surface area contributed by atoms with Crippen molar-refractivity contribution in [1.82, 2.24) is 10.6 Å². The second kappa shape index (κ2) is 70.9. The second-order valence-corrected chi connectivity index (χ2v) is 37.9. The van der Waals surface area contributed by atoms with Crippen molar-refractivity contribution in [1.29, 1.82) is 0 Å². The predicted octanol–water partition coefficient (Wildman–Crippen LogP) is 16.1. The molecular weight excluding hydrogens is 1630 g/mol. The lowest BCUT2D eigenvalue weighted by Gasteiger charge is -2.47. The molecule has 2 amide bonds. The minimum atomic E-state index is -5.77. The lowest BCUT2D eigenvalue weighted by molar-refractivity contribution is -0.298. The maximum atomic E-state index is 15.1. The van der Waals surface area contributed by atoms with Gasteiger partial charge in [-0.05, 0) is 38.5 Å². The summed E-state index contributed by atoms with van der Waals surface area (Å²) in [6.45, 7) is 8.18. The van der Waals surface area contributed by atoms with Crippen LogP contribution < -0.4 is 16.4 Å². The Kier molecular flexibility index (Phi) is 65.8. The van der Waals surface area contributed by atoms with Crippen LogP contribution in [0.5, 0.6) is 0 Å². The van der Waals surface area contributed by atoms with E-state index in [4.69, 9.17) is 52.5 Å². The Bertz CT molecular complexity index is 2770. The van der Waals surface area contributed by atoms with Gasteiger partial charge in [-0.1, -0.05) is 349 Å². The quantitative estimate of drug-likeness (QED) is 0.0116. The molecule has 123 heavy (non-hydrogen) atoms. The van der Waals surface area contributed by atoms with Gasteiger partial charge in [0.25, 0.3) is 0 Å². The molecule has 1 unspecified atom stereocenters. The van der Waals surface area contributed by atoms with Gasteiger partial charge in [0.2, 0.25) is 11.8 Å². The van der Waals surface area contributed by atoms with Gasteiger partial charge in [-0.3, -0.25) is 37.5 Å². The van der Waals surface area contributed by atoms with Crippen molar-refractivity contribution < 1.29 is 130 Å². The Labute approximate surface area is 738 Å². The lowest BCUT2D eigenvalue weighted by Crippen LogP contribution is -2.68. The zero-order valence-corrected chi connectivity index (χ0v) is 78.1. The number of rotatable bonds is 79. The summed E-state index contributed by atoms with van der Waals surface area (Å²) in [6.07, 6.45) is 22.5. The topological polar surface area (TPSA) is 464 Å². The molecule has 0 radical (unpaired) electrons. The molecule has 30 nitrogen and oxygen atoms in total. The van der Waals surface area contributed by atoms with Gasteiger partial charge in [0.15, 0.2) is 31.1 Å². The van der Waals surface area contributed by atoms with Crippen LogP contribution in [0.1, 0.15) is 420 Å². The van der Waals surface area contributed by atoms with Crippen LogP contribution in [0.3, 0.4) is 0 Å². The molecule has 0 aliphatic carbocycles. The number of amides is 2. The molecule has 3 heterocycles. The maximum absolute atomic E-state index is 15.1. The highest BCUT2D eigenvalue weighted by atomic mass is 31.2. The normalized spacial score (nSPS) is 24.0. The van der Waals surface area contributed by atoms with Crippen LogP contribution in [0, 0.1) is 0 Å². The fourth-order valence-corrected chi connectivity index (χ4v) is 18.0.